The highest BCUT2D eigenvalue weighted by molar-refractivity contribution is 7.98. The summed E-state index contributed by atoms with van der Waals surface area (Å²) < 4.78 is 5.48. The number of amides is 2. The number of primary amides is 1. The molecule has 1 aromatic rings. The molecule has 7 heteroatoms. The van der Waals surface area contributed by atoms with Gasteiger partial charge in [0.1, 0.15) is 12.1 Å². The third-order valence-electron chi connectivity index (χ3n) is 5.03. The highest BCUT2D eigenvalue weighted by Gasteiger charge is 2.68. The van der Waals surface area contributed by atoms with E-state index in [1.54, 1.807) is 11.8 Å². The molecule has 0 radical (unpaired) electrons. The van der Waals surface area contributed by atoms with Crippen LogP contribution in [0.3, 0.4) is 0 Å². The fourth-order valence-corrected chi connectivity index (χ4v) is 4.66. The largest absolute Gasteiger partial charge is 0.367 e. The van der Waals surface area contributed by atoms with E-state index in [2.05, 4.69) is 5.32 Å². The molecule has 0 aromatic heterocycles. The molecule has 6 nitrogen and oxygen atoms in total. The molecular weight excluding hydrogens is 340 g/mol. The first kappa shape index (κ1) is 17.9. The Balaban J connectivity index is 1.56. The van der Waals surface area contributed by atoms with Gasteiger partial charge >= 0.3 is 0 Å². The van der Waals surface area contributed by atoms with E-state index in [-0.39, 0.29) is 24.7 Å². The molecule has 3 rings (SSSR count). The van der Waals surface area contributed by atoms with Crippen LogP contribution in [-0.4, -0.2) is 41.1 Å². The van der Waals surface area contributed by atoms with E-state index in [1.807, 2.05) is 30.3 Å². The van der Waals surface area contributed by atoms with Gasteiger partial charge in [-0.05, 0) is 24.8 Å². The lowest BCUT2D eigenvalue weighted by atomic mass is 9.80. The summed E-state index contributed by atoms with van der Waals surface area (Å²) in [7, 11) is 0. The summed E-state index contributed by atoms with van der Waals surface area (Å²) in [5.74, 6) is 0.290. The number of carbonyl (C=O) groups is 3. The Bertz CT molecular complexity index is 681. The number of Topliss-reactive ketones (excluding diaryl/α,β-unsaturated/α-hetero) is 1. The first-order valence-corrected chi connectivity index (χ1v) is 9.55. The molecule has 1 heterocycles. The molecule has 0 bridgehead atoms. The number of nitrogens with two attached hydrogens (primary N) is 1. The molecule has 25 heavy (non-hydrogen) atoms. The summed E-state index contributed by atoms with van der Waals surface area (Å²) in [5.41, 5.74) is 4.06. The number of rotatable bonds is 7. The second kappa shape index (κ2) is 7.17. The van der Waals surface area contributed by atoms with Crippen LogP contribution in [0.1, 0.15) is 31.2 Å². The van der Waals surface area contributed by atoms with Crippen LogP contribution >= 0.6 is 11.8 Å². The highest BCUT2D eigenvalue weighted by atomic mass is 32.2. The number of fused-ring (bicyclic) bond motifs is 1. The SMILES string of the molecule is NC(=O)C12CCCC1(NC(=O)CCSCc1ccccc1)C(=O)CO2. The van der Waals surface area contributed by atoms with Gasteiger partial charge in [-0.25, -0.2) is 0 Å². The number of ether oxygens (including phenoxy) is 1. The fourth-order valence-electron chi connectivity index (χ4n) is 3.76. The van der Waals surface area contributed by atoms with Gasteiger partial charge in [-0.15, -0.1) is 0 Å². The van der Waals surface area contributed by atoms with Gasteiger partial charge in [-0.2, -0.15) is 11.8 Å². The van der Waals surface area contributed by atoms with Crippen molar-refractivity contribution in [3.05, 3.63) is 35.9 Å². The maximum atomic E-state index is 12.4. The van der Waals surface area contributed by atoms with Crippen molar-refractivity contribution >= 4 is 29.4 Å². The minimum absolute atomic E-state index is 0.175. The number of carbonyl (C=O) groups excluding carboxylic acids is 3. The van der Waals surface area contributed by atoms with Crippen molar-refractivity contribution in [3.63, 3.8) is 0 Å². The molecule has 2 amide bonds. The molecule has 3 N–H and O–H groups in total. The molecule has 0 spiro atoms. The zero-order chi connectivity index (χ0) is 17.9. The van der Waals surface area contributed by atoms with Crippen LogP contribution in [0, 0.1) is 0 Å². The molecule has 2 atom stereocenters. The maximum absolute atomic E-state index is 12.4. The monoisotopic (exact) mass is 362 g/mol. The van der Waals surface area contributed by atoms with Crippen molar-refractivity contribution in [1.29, 1.82) is 0 Å². The smallest absolute Gasteiger partial charge is 0.252 e. The zero-order valence-electron chi connectivity index (χ0n) is 14.0. The van der Waals surface area contributed by atoms with Crippen molar-refractivity contribution < 1.29 is 19.1 Å². The maximum Gasteiger partial charge on any atom is 0.252 e. The summed E-state index contributed by atoms with van der Waals surface area (Å²) >= 11 is 1.65. The standard InChI is InChI=1S/C18H22N2O4S/c19-16(23)18-9-4-8-17(18,14(21)11-24-18)20-15(22)7-10-25-12-13-5-2-1-3-6-13/h1-3,5-6H,4,7-12H2,(H2,19,23)(H,20,22). The summed E-state index contributed by atoms with van der Waals surface area (Å²) in [6, 6.07) is 10.0. The molecule has 2 unspecified atom stereocenters. The summed E-state index contributed by atoms with van der Waals surface area (Å²) in [6.07, 6.45) is 1.67. The van der Waals surface area contributed by atoms with Crippen LogP contribution in [0.5, 0.6) is 0 Å². The van der Waals surface area contributed by atoms with Crippen molar-refractivity contribution in [2.45, 2.75) is 42.6 Å². The zero-order valence-corrected chi connectivity index (χ0v) is 14.8. The van der Waals surface area contributed by atoms with E-state index in [9.17, 15) is 14.4 Å². The number of benzene rings is 1. The second-order valence-corrected chi connectivity index (χ2v) is 7.60. The molecule has 1 saturated carbocycles. The van der Waals surface area contributed by atoms with Crippen molar-refractivity contribution in [2.75, 3.05) is 12.4 Å². The fraction of sp³-hybridized carbons (Fsp3) is 0.500. The van der Waals surface area contributed by atoms with Gasteiger partial charge in [-0.3, -0.25) is 14.4 Å². The third-order valence-corrected chi connectivity index (χ3v) is 6.06. The van der Waals surface area contributed by atoms with Crippen LogP contribution in [0.15, 0.2) is 30.3 Å². The number of ketones is 1. The molecular formula is C18H22N2O4S. The van der Waals surface area contributed by atoms with E-state index in [0.717, 1.165) is 5.75 Å². The minimum atomic E-state index is -1.38. The Kier molecular flexibility index (Phi) is 5.15. The Morgan fingerprint density at radius 3 is 2.72 bits per heavy atom. The van der Waals surface area contributed by atoms with Gasteiger partial charge in [0.25, 0.3) is 5.91 Å². The van der Waals surface area contributed by atoms with Crippen LogP contribution < -0.4 is 11.1 Å². The van der Waals surface area contributed by atoms with Gasteiger partial charge in [0.05, 0.1) is 0 Å². The predicted molar refractivity (Wildman–Crippen MR) is 94.8 cm³/mol. The molecule has 2 fully saturated rings. The minimum Gasteiger partial charge on any atom is -0.367 e. The average molecular weight is 362 g/mol. The number of nitrogens with one attached hydrogen (secondary N) is 1. The van der Waals surface area contributed by atoms with Gasteiger partial charge in [0.15, 0.2) is 11.4 Å². The number of hydrogen-bond donors (Lipinski definition) is 2. The van der Waals surface area contributed by atoms with E-state index >= 15 is 0 Å². The Morgan fingerprint density at radius 1 is 1.24 bits per heavy atom. The summed E-state index contributed by atoms with van der Waals surface area (Å²) in [4.78, 5) is 36.7. The van der Waals surface area contributed by atoms with Crippen molar-refractivity contribution in [3.8, 4) is 0 Å². The number of thioether (sulfide) groups is 1. The Morgan fingerprint density at radius 2 is 2.00 bits per heavy atom. The summed E-state index contributed by atoms with van der Waals surface area (Å²) in [6.45, 7) is -0.175. The predicted octanol–water partition coefficient (Wildman–Crippen LogP) is 1.17. The van der Waals surface area contributed by atoms with Crippen LogP contribution in [0.25, 0.3) is 0 Å². The van der Waals surface area contributed by atoms with Gasteiger partial charge in [-0.1, -0.05) is 30.3 Å². The van der Waals surface area contributed by atoms with Crippen LogP contribution in [-0.2, 0) is 24.9 Å². The second-order valence-electron chi connectivity index (χ2n) is 6.50. The molecule has 2 aliphatic rings. The van der Waals surface area contributed by atoms with Crippen molar-refractivity contribution in [1.82, 2.24) is 5.32 Å². The Labute approximate surface area is 150 Å². The molecule has 1 saturated heterocycles. The third kappa shape index (κ3) is 3.18. The lowest BCUT2D eigenvalue weighted by molar-refractivity contribution is -0.144. The van der Waals surface area contributed by atoms with E-state index in [0.29, 0.717) is 25.0 Å². The molecule has 1 aliphatic carbocycles. The average Bonchev–Trinajstić information content (AvgIpc) is 3.09. The molecule has 134 valence electrons. The van der Waals surface area contributed by atoms with Gasteiger partial charge in [0, 0.05) is 17.9 Å². The normalized spacial score (nSPS) is 27.9. The van der Waals surface area contributed by atoms with Crippen LogP contribution in [0.4, 0.5) is 0 Å². The topological polar surface area (TPSA) is 98.5 Å². The molecule has 1 aromatic carbocycles. The van der Waals surface area contributed by atoms with Gasteiger partial charge in [0.2, 0.25) is 5.91 Å². The number of hydrogen-bond acceptors (Lipinski definition) is 5. The lowest BCUT2D eigenvalue weighted by Gasteiger charge is -2.35. The van der Waals surface area contributed by atoms with Crippen LogP contribution in [0.2, 0.25) is 0 Å². The van der Waals surface area contributed by atoms with Crippen molar-refractivity contribution in [2.24, 2.45) is 5.73 Å². The van der Waals surface area contributed by atoms with E-state index < -0.39 is 17.0 Å². The first-order chi connectivity index (χ1) is 12.0. The van der Waals surface area contributed by atoms with Gasteiger partial charge < -0.3 is 15.8 Å². The quantitative estimate of drug-likeness (QED) is 0.710. The van der Waals surface area contributed by atoms with E-state index in [4.69, 9.17) is 10.5 Å². The Hall–Kier alpha value is -1.86. The van der Waals surface area contributed by atoms with E-state index in [1.165, 1.54) is 5.56 Å². The lowest BCUT2D eigenvalue weighted by Crippen LogP contribution is -2.66. The molecule has 1 aliphatic heterocycles. The summed E-state index contributed by atoms with van der Waals surface area (Å²) in [5, 5.41) is 2.80. The first-order valence-electron chi connectivity index (χ1n) is 8.40. The highest BCUT2D eigenvalue weighted by Crippen LogP contribution is 2.46.